The summed E-state index contributed by atoms with van der Waals surface area (Å²) in [4.78, 5) is 0. The van der Waals surface area contributed by atoms with Crippen molar-refractivity contribution in [2.75, 3.05) is 6.61 Å². The van der Waals surface area contributed by atoms with Crippen molar-refractivity contribution in [1.82, 2.24) is 0 Å². The van der Waals surface area contributed by atoms with Crippen LogP contribution in [0.1, 0.15) is 12.5 Å². The molecule has 72 valence electrons. The Morgan fingerprint density at radius 3 is 2.77 bits per heavy atom. The summed E-state index contributed by atoms with van der Waals surface area (Å²) in [6.07, 6.45) is 0. The Balaban J connectivity index is 2.67. The number of hydrogen-bond donors (Lipinski definition) is 1. The van der Waals surface area contributed by atoms with Crippen LogP contribution in [0, 0.1) is 6.92 Å². The van der Waals surface area contributed by atoms with E-state index < -0.39 is 0 Å². The molecular weight excluding hydrogens is 186 g/mol. The topological polar surface area (TPSA) is 35.2 Å². The van der Waals surface area contributed by atoms with Gasteiger partial charge in [-0.15, -0.1) is 0 Å². The summed E-state index contributed by atoms with van der Waals surface area (Å²) in [5.41, 5.74) is 6.60. The number of halogens is 1. The minimum atomic E-state index is 0.0510. The maximum absolute atomic E-state index is 5.80. The van der Waals surface area contributed by atoms with Crippen molar-refractivity contribution in [3.05, 3.63) is 28.8 Å². The molecule has 2 N–H and O–H groups in total. The normalized spacial score (nSPS) is 12.6. The molecular formula is C10H14ClNO. The Bertz CT molecular complexity index is 286. The highest BCUT2D eigenvalue weighted by molar-refractivity contribution is 6.30. The van der Waals surface area contributed by atoms with Gasteiger partial charge in [0.15, 0.2) is 0 Å². The summed E-state index contributed by atoms with van der Waals surface area (Å²) in [5, 5.41) is 0.727. The smallest absolute Gasteiger partial charge is 0.122 e. The summed E-state index contributed by atoms with van der Waals surface area (Å²) in [6.45, 7) is 4.40. The molecule has 1 aromatic rings. The summed E-state index contributed by atoms with van der Waals surface area (Å²) in [6, 6.07) is 5.60. The molecule has 0 saturated heterocycles. The molecule has 0 amide bonds. The standard InChI is InChI=1S/C10H14ClNO/c1-7-5-9(11)3-4-10(7)13-6-8(2)12/h3-5,8H,6,12H2,1-2H3/t8-/m1/s1. The van der Waals surface area contributed by atoms with E-state index in [0.29, 0.717) is 6.61 Å². The van der Waals surface area contributed by atoms with Crippen molar-refractivity contribution >= 4 is 11.6 Å². The highest BCUT2D eigenvalue weighted by Gasteiger charge is 2.01. The first-order valence-electron chi connectivity index (χ1n) is 4.24. The van der Waals surface area contributed by atoms with Crippen molar-refractivity contribution < 1.29 is 4.74 Å². The third kappa shape index (κ3) is 3.25. The Hall–Kier alpha value is -0.730. The van der Waals surface area contributed by atoms with Crippen LogP contribution in [0.5, 0.6) is 5.75 Å². The van der Waals surface area contributed by atoms with Gasteiger partial charge in [-0.25, -0.2) is 0 Å². The quantitative estimate of drug-likeness (QED) is 0.812. The highest BCUT2D eigenvalue weighted by Crippen LogP contribution is 2.21. The predicted octanol–water partition coefficient (Wildman–Crippen LogP) is 2.37. The van der Waals surface area contributed by atoms with E-state index in [1.54, 1.807) is 0 Å². The fraction of sp³-hybridized carbons (Fsp3) is 0.400. The van der Waals surface area contributed by atoms with Crippen LogP contribution in [-0.2, 0) is 0 Å². The van der Waals surface area contributed by atoms with Crippen LogP contribution in [0.25, 0.3) is 0 Å². The van der Waals surface area contributed by atoms with Crippen LogP contribution in [0.4, 0.5) is 0 Å². The van der Waals surface area contributed by atoms with Crippen molar-refractivity contribution in [1.29, 1.82) is 0 Å². The van der Waals surface area contributed by atoms with Gasteiger partial charge in [-0.3, -0.25) is 0 Å². The lowest BCUT2D eigenvalue weighted by Crippen LogP contribution is -2.23. The van der Waals surface area contributed by atoms with Crippen LogP contribution in [0.2, 0.25) is 5.02 Å². The van der Waals surface area contributed by atoms with E-state index in [1.807, 2.05) is 32.0 Å². The number of rotatable bonds is 3. The lowest BCUT2D eigenvalue weighted by molar-refractivity contribution is 0.294. The zero-order valence-electron chi connectivity index (χ0n) is 7.88. The number of hydrogen-bond acceptors (Lipinski definition) is 2. The lowest BCUT2D eigenvalue weighted by atomic mass is 10.2. The van der Waals surface area contributed by atoms with Crippen molar-refractivity contribution in [3.8, 4) is 5.75 Å². The summed E-state index contributed by atoms with van der Waals surface area (Å²) >= 11 is 5.80. The Morgan fingerprint density at radius 1 is 1.54 bits per heavy atom. The van der Waals surface area contributed by atoms with Gasteiger partial charge in [-0.05, 0) is 37.6 Å². The van der Waals surface area contributed by atoms with Crippen molar-refractivity contribution in [3.63, 3.8) is 0 Å². The SMILES string of the molecule is Cc1cc(Cl)ccc1OC[C@@H](C)N. The fourth-order valence-corrected chi connectivity index (χ4v) is 1.22. The largest absolute Gasteiger partial charge is 0.492 e. The van der Waals surface area contributed by atoms with Gasteiger partial charge in [0.05, 0.1) is 0 Å². The van der Waals surface area contributed by atoms with E-state index in [1.165, 1.54) is 0 Å². The van der Waals surface area contributed by atoms with E-state index in [0.717, 1.165) is 16.3 Å². The lowest BCUT2D eigenvalue weighted by Gasteiger charge is -2.10. The number of aryl methyl sites for hydroxylation is 1. The molecule has 0 aliphatic rings. The Labute approximate surface area is 83.6 Å². The molecule has 2 nitrogen and oxygen atoms in total. The van der Waals surface area contributed by atoms with E-state index >= 15 is 0 Å². The molecule has 0 aliphatic heterocycles. The molecule has 1 rings (SSSR count). The Kier molecular flexibility index (Phi) is 3.58. The molecule has 0 radical (unpaired) electrons. The van der Waals surface area contributed by atoms with Gasteiger partial charge in [-0.1, -0.05) is 11.6 Å². The number of ether oxygens (including phenoxy) is 1. The molecule has 3 heteroatoms. The molecule has 0 bridgehead atoms. The van der Waals surface area contributed by atoms with Gasteiger partial charge in [0.1, 0.15) is 12.4 Å². The van der Waals surface area contributed by atoms with Gasteiger partial charge in [0.2, 0.25) is 0 Å². The molecule has 0 fully saturated rings. The number of nitrogens with two attached hydrogens (primary N) is 1. The molecule has 0 aromatic heterocycles. The van der Waals surface area contributed by atoms with E-state index in [-0.39, 0.29) is 6.04 Å². The maximum Gasteiger partial charge on any atom is 0.122 e. The van der Waals surface area contributed by atoms with Gasteiger partial charge in [0.25, 0.3) is 0 Å². The molecule has 0 spiro atoms. The highest BCUT2D eigenvalue weighted by atomic mass is 35.5. The second-order valence-electron chi connectivity index (χ2n) is 3.20. The second kappa shape index (κ2) is 4.49. The van der Waals surface area contributed by atoms with Crippen LogP contribution < -0.4 is 10.5 Å². The zero-order chi connectivity index (χ0) is 9.84. The first-order valence-corrected chi connectivity index (χ1v) is 4.62. The van der Waals surface area contributed by atoms with Crippen LogP contribution in [-0.4, -0.2) is 12.6 Å². The van der Waals surface area contributed by atoms with E-state index in [9.17, 15) is 0 Å². The van der Waals surface area contributed by atoms with E-state index in [4.69, 9.17) is 22.1 Å². The van der Waals surface area contributed by atoms with E-state index in [2.05, 4.69) is 0 Å². The summed E-state index contributed by atoms with van der Waals surface area (Å²) < 4.78 is 5.47. The van der Waals surface area contributed by atoms with Gasteiger partial charge >= 0.3 is 0 Å². The minimum absolute atomic E-state index is 0.0510. The van der Waals surface area contributed by atoms with Crippen molar-refractivity contribution in [2.24, 2.45) is 5.73 Å². The molecule has 1 atom stereocenters. The summed E-state index contributed by atoms with van der Waals surface area (Å²) in [7, 11) is 0. The molecule has 0 aliphatic carbocycles. The Morgan fingerprint density at radius 2 is 2.23 bits per heavy atom. The second-order valence-corrected chi connectivity index (χ2v) is 3.63. The van der Waals surface area contributed by atoms with Crippen molar-refractivity contribution in [2.45, 2.75) is 19.9 Å². The van der Waals surface area contributed by atoms with Gasteiger partial charge in [0, 0.05) is 11.1 Å². The molecule has 1 aromatic carbocycles. The van der Waals surface area contributed by atoms with Crippen LogP contribution in [0.15, 0.2) is 18.2 Å². The maximum atomic E-state index is 5.80. The minimum Gasteiger partial charge on any atom is -0.492 e. The molecule has 0 saturated carbocycles. The summed E-state index contributed by atoms with van der Waals surface area (Å²) in [5.74, 6) is 0.849. The number of benzene rings is 1. The predicted molar refractivity (Wildman–Crippen MR) is 55.3 cm³/mol. The first kappa shape index (κ1) is 10.4. The monoisotopic (exact) mass is 199 g/mol. The fourth-order valence-electron chi connectivity index (χ4n) is 0.996. The molecule has 0 unspecified atom stereocenters. The molecule has 0 heterocycles. The van der Waals surface area contributed by atoms with Gasteiger partial charge < -0.3 is 10.5 Å². The third-order valence-corrected chi connectivity index (χ3v) is 1.87. The van der Waals surface area contributed by atoms with Crippen LogP contribution in [0.3, 0.4) is 0 Å². The average Bonchev–Trinajstić information content (AvgIpc) is 2.02. The zero-order valence-corrected chi connectivity index (χ0v) is 8.64. The average molecular weight is 200 g/mol. The van der Waals surface area contributed by atoms with Gasteiger partial charge in [-0.2, -0.15) is 0 Å². The third-order valence-electron chi connectivity index (χ3n) is 1.64. The first-order chi connectivity index (χ1) is 6.09. The van der Waals surface area contributed by atoms with Crippen LogP contribution >= 0.6 is 11.6 Å². The molecule has 13 heavy (non-hydrogen) atoms.